The van der Waals surface area contributed by atoms with Gasteiger partial charge in [0, 0.05) is 20.0 Å². The summed E-state index contributed by atoms with van der Waals surface area (Å²) in [7, 11) is 0. The molecule has 1 aliphatic rings. The van der Waals surface area contributed by atoms with Crippen LogP contribution in [0.3, 0.4) is 0 Å². The van der Waals surface area contributed by atoms with E-state index in [0.29, 0.717) is 24.5 Å². The number of rotatable bonds is 5. The SMILES string of the molecule is CC(=O)NC(CC1CCN(C(=O)OC(C)(C)C)CC1)C(=O)c1nc2ccccc2s1. The number of hydrogen-bond donors (Lipinski definition) is 1. The first-order valence-corrected chi connectivity index (χ1v) is 11.1. The molecule has 0 aliphatic carbocycles. The number of ether oxygens (including phenoxy) is 1. The van der Waals surface area contributed by atoms with E-state index in [0.717, 1.165) is 23.1 Å². The van der Waals surface area contributed by atoms with Crippen molar-refractivity contribution in [3.63, 3.8) is 0 Å². The molecule has 0 spiro atoms. The summed E-state index contributed by atoms with van der Waals surface area (Å²) in [5.41, 5.74) is 0.270. The number of fused-ring (bicyclic) bond motifs is 1. The molecule has 0 bridgehead atoms. The maximum Gasteiger partial charge on any atom is 0.410 e. The molecule has 1 aromatic carbocycles. The van der Waals surface area contributed by atoms with Crippen LogP contribution in [-0.2, 0) is 9.53 Å². The Kier molecular flexibility index (Phi) is 6.75. The van der Waals surface area contributed by atoms with Gasteiger partial charge in [-0.25, -0.2) is 9.78 Å². The third kappa shape index (κ3) is 5.78. The van der Waals surface area contributed by atoms with E-state index in [9.17, 15) is 14.4 Å². The highest BCUT2D eigenvalue weighted by molar-refractivity contribution is 7.20. The molecule has 8 heteroatoms. The zero-order valence-electron chi connectivity index (χ0n) is 17.9. The smallest absolute Gasteiger partial charge is 0.410 e. The lowest BCUT2D eigenvalue weighted by atomic mass is 9.89. The minimum atomic E-state index is -0.610. The van der Waals surface area contributed by atoms with Crippen molar-refractivity contribution in [2.24, 2.45) is 5.92 Å². The van der Waals surface area contributed by atoms with E-state index in [4.69, 9.17) is 4.74 Å². The molecule has 2 aromatic rings. The fraction of sp³-hybridized carbons (Fsp3) is 0.545. The molecule has 1 atom stereocenters. The molecule has 30 heavy (non-hydrogen) atoms. The predicted octanol–water partition coefficient (Wildman–Crippen LogP) is 4.02. The van der Waals surface area contributed by atoms with Crippen molar-refractivity contribution in [3.8, 4) is 0 Å². The number of amides is 2. The number of carbonyl (C=O) groups is 3. The van der Waals surface area contributed by atoms with Crippen LogP contribution in [0.5, 0.6) is 0 Å². The van der Waals surface area contributed by atoms with Crippen LogP contribution in [0.1, 0.15) is 56.8 Å². The second-order valence-corrected chi connectivity index (χ2v) is 9.78. The number of thiazole rings is 1. The standard InChI is InChI=1S/C22H29N3O4S/c1-14(26)23-17(19(27)20-24-16-7-5-6-8-18(16)30-20)13-15-9-11-25(12-10-15)21(28)29-22(2,3)4/h5-8,15,17H,9-13H2,1-4H3,(H,23,26). The Bertz CT molecular complexity index is 893. The Morgan fingerprint density at radius 1 is 1.23 bits per heavy atom. The maximum absolute atomic E-state index is 13.1. The van der Waals surface area contributed by atoms with E-state index < -0.39 is 11.6 Å². The van der Waals surface area contributed by atoms with E-state index in [1.54, 1.807) is 4.90 Å². The van der Waals surface area contributed by atoms with Crippen molar-refractivity contribution in [3.05, 3.63) is 29.3 Å². The minimum absolute atomic E-state index is 0.152. The summed E-state index contributed by atoms with van der Waals surface area (Å²) >= 11 is 1.35. The Morgan fingerprint density at radius 3 is 2.50 bits per heavy atom. The van der Waals surface area contributed by atoms with E-state index in [2.05, 4.69) is 10.3 Å². The molecule has 3 rings (SSSR count). The zero-order valence-corrected chi connectivity index (χ0v) is 18.8. The monoisotopic (exact) mass is 431 g/mol. The minimum Gasteiger partial charge on any atom is -0.444 e. The average Bonchev–Trinajstić information content (AvgIpc) is 3.10. The number of carbonyl (C=O) groups excluding carboxylic acids is 3. The molecule has 162 valence electrons. The first-order chi connectivity index (χ1) is 14.1. The fourth-order valence-electron chi connectivity index (χ4n) is 3.61. The number of para-hydroxylation sites is 1. The molecule has 1 aliphatic heterocycles. The van der Waals surface area contributed by atoms with Gasteiger partial charge in [0.15, 0.2) is 5.01 Å². The number of ketones is 1. The Hall–Kier alpha value is -2.48. The van der Waals surface area contributed by atoms with Crippen molar-refractivity contribution in [1.82, 2.24) is 15.2 Å². The number of piperidine rings is 1. The summed E-state index contributed by atoms with van der Waals surface area (Å²) in [6, 6.07) is 7.01. The van der Waals surface area contributed by atoms with Crippen LogP contribution in [0.15, 0.2) is 24.3 Å². The van der Waals surface area contributed by atoms with Gasteiger partial charge < -0.3 is 15.0 Å². The molecule has 7 nitrogen and oxygen atoms in total. The summed E-state index contributed by atoms with van der Waals surface area (Å²) in [6.07, 6.45) is 1.77. The van der Waals surface area contributed by atoms with Crippen LogP contribution in [0.2, 0.25) is 0 Å². The van der Waals surface area contributed by atoms with Crippen LogP contribution in [-0.4, -0.2) is 52.4 Å². The van der Waals surface area contributed by atoms with E-state index in [1.807, 2.05) is 45.0 Å². The number of aromatic nitrogens is 1. The number of Topliss-reactive ketones (excluding diaryl/α,β-unsaturated/α-hetero) is 1. The molecule has 2 heterocycles. The molecule has 1 fully saturated rings. The van der Waals surface area contributed by atoms with Crippen molar-refractivity contribution < 1.29 is 19.1 Å². The van der Waals surface area contributed by atoms with Crippen molar-refractivity contribution in [2.75, 3.05) is 13.1 Å². The first-order valence-electron chi connectivity index (χ1n) is 10.3. The number of nitrogens with one attached hydrogen (secondary N) is 1. The van der Waals surface area contributed by atoms with Crippen molar-refractivity contribution in [1.29, 1.82) is 0 Å². The van der Waals surface area contributed by atoms with Gasteiger partial charge in [-0.2, -0.15) is 0 Å². The molecule has 2 amide bonds. The fourth-order valence-corrected chi connectivity index (χ4v) is 4.57. The highest BCUT2D eigenvalue weighted by atomic mass is 32.1. The zero-order chi connectivity index (χ0) is 21.9. The van der Waals surface area contributed by atoms with Gasteiger partial charge in [-0.05, 0) is 58.1 Å². The van der Waals surface area contributed by atoms with Gasteiger partial charge in [0.1, 0.15) is 5.60 Å². The molecule has 1 saturated heterocycles. The summed E-state index contributed by atoms with van der Waals surface area (Å²) in [5.74, 6) is -0.152. The Morgan fingerprint density at radius 2 is 1.90 bits per heavy atom. The Labute approximate surface area is 180 Å². The van der Waals surface area contributed by atoms with Crippen LogP contribution < -0.4 is 5.32 Å². The van der Waals surface area contributed by atoms with E-state index in [1.165, 1.54) is 18.3 Å². The van der Waals surface area contributed by atoms with Gasteiger partial charge >= 0.3 is 6.09 Å². The van der Waals surface area contributed by atoms with E-state index >= 15 is 0 Å². The van der Waals surface area contributed by atoms with Crippen molar-refractivity contribution in [2.45, 2.75) is 58.6 Å². The lowest BCUT2D eigenvalue weighted by molar-refractivity contribution is -0.119. The van der Waals surface area contributed by atoms with Gasteiger partial charge in [-0.1, -0.05) is 12.1 Å². The summed E-state index contributed by atoms with van der Waals surface area (Å²) < 4.78 is 6.39. The second-order valence-electron chi connectivity index (χ2n) is 8.75. The van der Waals surface area contributed by atoms with E-state index in [-0.39, 0.29) is 23.7 Å². The molecular weight excluding hydrogens is 402 g/mol. The molecule has 0 saturated carbocycles. The highest BCUT2D eigenvalue weighted by Crippen LogP contribution is 2.27. The topological polar surface area (TPSA) is 88.6 Å². The van der Waals surface area contributed by atoms with Crippen molar-refractivity contribution >= 4 is 39.3 Å². The predicted molar refractivity (Wildman–Crippen MR) is 117 cm³/mol. The quantitative estimate of drug-likeness (QED) is 0.723. The summed E-state index contributed by atoms with van der Waals surface area (Å²) in [5, 5.41) is 3.23. The second kappa shape index (κ2) is 9.12. The molecule has 1 aromatic heterocycles. The lowest BCUT2D eigenvalue weighted by Gasteiger charge is -2.34. The summed E-state index contributed by atoms with van der Waals surface area (Å²) in [6.45, 7) is 8.14. The van der Waals surface area contributed by atoms with Crippen LogP contribution in [0, 0.1) is 5.92 Å². The third-order valence-corrected chi connectivity index (χ3v) is 6.08. The normalized spacial score (nSPS) is 16.3. The van der Waals surface area contributed by atoms with Crippen LogP contribution in [0.4, 0.5) is 4.79 Å². The van der Waals surface area contributed by atoms with Gasteiger partial charge in [0.25, 0.3) is 0 Å². The first kappa shape index (κ1) is 22.2. The van der Waals surface area contributed by atoms with Gasteiger partial charge in [-0.3, -0.25) is 9.59 Å². The molecule has 1 unspecified atom stereocenters. The number of benzene rings is 1. The largest absolute Gasteiger partial charge is 0.444 e. The molecule has 0 radical (unpaired) electrons. The van der Waals surface area contributed by atoms with Gasteiger partial charge in [-0.15, -0.1) is 11.3 Å². The maximum atomic E-state index is 13.1. The highest BCUT2D eigenvalue weighted by Gasteiger charge is 2.31. The molecule has 1 N–H and O–H groups in total. The van der Waals surface area contributed by atoms with Gasteiger partial charge in [0.05, 0.1) is 16.3 Å². The lowest BCUT2D eigenvalue weighted by Crippen LogP contribution is -2.45. The number of nitrogens with zero attached hydrogens (tertiary/aromatic N) is 2. The Balaban J connectivity index is 1.63. The van der Waals surface area contributed by atoms with Crippen LogP contribution >= 0.6 is 11.3 Å². The van der Waals surface area contributed by atoms with Gasteiger partial charge in [0.2, 0.25) is 11.7 Å². The van der Waals surface area contributed by atoms with Crippen LogP contribution in [0.25, 0.3) is 10.2 Å². The third-order valence-electron chi connectivity index (χ3n) is 5.03. The number of likely N-dealkylation sites (tertiary alicyclic amines) is 1. The number of hydrogen-bond acceptors (Lipinski definition) is 6. The summed E-state index contributed by atoms with van der Waals surface area (Å²) in [4.78, 5) is 43.2. The molecular formula is C22H29N3O4S. The average molecular weight is 432 g/mol.